The van der Waals surface area contributed by atoms with E-state index in [1.165, 1.54) is 23.8 Å². The quantitative estimate of drug-likeness (QED) is 0.367. The number of hydrogen-bond donors (Lipinski definition) is 3. The summed E-state index contributed by atoms with van der Waals surface area (Å²) in [6.45, 7) is 2.54. The molecule has 1 fully saturated rings. The summed E-state index contributed by atoms with van der Waals surface area (Å²) >= 11 is 1.63. The van der Waals surface area contributed by atoms with E-state index >= 15 is 0 Å². The van der Waals surface area contributed by atoms with Crippen molar-refractivity contribution in [3.63, 3.8) is 0 Å². The molecule has 0 aromatic carbocycles. The molecule has 2 aromatic rings. The molecule has 0 spiro atoms. The van der Waals surface area contributed by atoms with E-state index in [9.17, 15) is 9.18 Å². The van der Waals surface area contributed by atoms with Crippen LogP contribution in [0.15, 0.2) is 29.9 Å². The number of rotatable bonds is 6. The Morgan fingerprint density at radius 1 is 1.44 bits per heavy atom. The van der Waals surface area contributed by atoms with Gasteiger partial charge in [-0.3, -0.25) is 14.9 Å². The molecule has 3 N–H and O–H groups in total. The van der Waals surface area contributed by atoms with Crippen LogP contribution in [0.2, 0.25) is 0 Å². The topological polar surface area (TPSA) is 90.4 Å². The largest absolute Gasteiger partial charge is 0.364 e. The van der Waals surface area contributed by atoms with Crippen LogP contribution >= 0.6 is 36.2 Å². The average molecular weight is 436 g/mol. The molecule has 1 saturated heterocycles. The van der Waals surface area contributed by atoms with Crippen molar-refractivity contribution in [1.29, 1.82) is 0 Å². The van der Waals surface area contributed by atoms with E-state index in [2.05, 4.69) is 20.2 Å². The molecule has 0 unspecified atom stereocenters. The number of amides is 1. The maximum Gasteiger partial charge on any atom is 0.267 e. The van der Waals surface area contributed by atoms with Gasteiger partial charge in [0, 0.05) is 43.0 Å². The van der Waals surface area contributed by atoms with Gasteiger partial charge in [0.1, 0.15) is 5.01 Å². The molecule has 2 aromatic heterocycles. The SMILES string of the molecule is Cl.Cl.O=C(C=Cc1cnc(N[C@@H]2CCN(Cc3nccs3)C2)c(F)c1)NO. The third kappa shape index (κ3) is 6.71. The van der Waals surface area contributed by atoms with Gasteiger partial charge in [-0.05, 0) is 24.1 Å². The summed E-state index contributed by atoms with van der Waals surface area (Å²) < 4.78 is 14.2. The first kappa shape index (κ1) is 23.3. The Balaban J connectivity index is 0.00000182. The van der Waals surface area contributed by atoms with E-state index in [1.54, 1.807) is 17.5 Å². The number of nitrogens with zero attached hydrogens (tertiary/aromatic N) is 3. The molecule has 1 aliphatic heterocycles. The lowest BCUT2D eigenvalue weighted by molar-refractivity contribution is -0.124. The number of anilines is 1. The molecule has 1 amide bonds. The second kappa shape index (κ2) is 11.2. The first-order chi connectivity index (χ1) is 12.1. The number of halogens is 3. The average Bonchev–Trinajstić information content (AvgIpc) is 3.27. The number of likely N-dealkylation sites (tertiary alicyclic amines) is 1. The van der Waals surface area contributed by atoms with Gasteiger partial charge in [0.25, 0.3) is 5.91 Å². The monoisotopic (exact) mass is 435 g/mol. The van der Waals surface area contributed by atoms with Gasteiger partial charge < -0.3 is 5.32 Å². The van der Waals surface area contributed by atoms with Crippen LogP contribution in [-0.4, -0.2) is 45.1 Å². The maximum absolute atomic E-state index is 14.2. The highest BCUT2D eigenvalue weighted by Gasteiger charge is 2.24. The summed E-state index contributed by atoms with van der Waals surface area (Å²) in [4.78, 5) is 21.6. The van der Waals surface area contributed by atoms with Crippen LogP contribution in [0.3, 0.4) is 0 Å². The van der Waals surface area contributed by atoms with Gasteiger partial charge in [0.15, 0.2) is 11.6 Å². The second-order valence-corrected chi connectivity index (χ2v) is 6.68. The van der Waals surface area contributed by atoms with Crippen LogP contribution in [-0.2, 0) is 11.3 Å². The van der Waals surface area contributed by atoms with Gasteiger partial charge in [-0.1, -0.05) is 0 Å². The molecule has 7 nitrogen and oxygen atoms in total. The van der Waals surface area contributed by atoms with Crippen molar-refractivity contribution < 1.29 is 14.4 Å². The molecule has 3 rings (SSSR count). The fourth-order valence-corrected chi connectivity index (χ4v) is 3.33. The first-order valence-electron chi connectivity index (χ1n) is 7.79. The molecule has 0 bridgehead atoms. The van der Waals surface area contributed by atoms with Gasteiger partial charge in [-0.15, -0.1) is 36.2 Å². The van der Waals surface area contributed by atoms with Gasteiger partial charge in [-0.2, -0.15) is 0 Å². The van der Waals surface area contributed by atoms with Crippen LogP contribution < -0.4 is 10.8 Å². The zero-order valence-corrected chi connectivity index (χ0v) is 16.6. The van der Waals surface area contributed by atoms with Crippen LogP contribution in [0.1, 0.15) is 17.0 Å². The Kier molecular flexibility index (Phi) is 9.61. The molecular formula is C16H20Cl2FN5O2S. The lowest BCUT2D eigenvalue weighted by Gasteiger charge is -2.16. The second-order valence-electron chi connectivity index (χ2n) is 5.70. The van der Waals surface area contributed by atoms with Crippen molar-refractivity contribution in [1.82, 2.24) is 20.3 Å². The van der Waals surface area contributed by atoms with Crippen molar-refractivity contribution in [3.8, 4) is 0 Å². The van der Waals surface area contributed by atoms with Crippen LogP contribution in [0.25, 0.3) is 6.08 Å². The van der Waals surface area contributed by atoms with Gasteiger partial charge in [-0.25, -0.2) is 19.8 Å². The highest BCUT2D eigenvalue weighted by Crippen LogP contribution is 2.20. The molecule has 0 radical (unpaired) electrons. The molecule has 1 atom stereocenters. The van der Waals surface area contributed by atoms with E-state index < -0.39 is 11.7 Å². The molecule has 0 aliphatic carbocycles. The number of nitrogens with one attached hydrogen (secondary N) is 2. The minimum absolute atomic E-state index is 0. The summed E-state index contributed by atoms with van der Waals surface area (Å²) in [7, 11) is 0. The third-order valence-corrected chi connectivity index (χ3v) is 4.62. The van der Waals surface area contributed by atoms with Crippen molar-refractivity contribution in [3.05, 3.63) is 46.3 Å². The van der Waals surface area contributed by atoms with E-state index in [0.29, 0.717) is 5.56 Å². The third-order valence-electron chi connectivity index (χ3n) is 3.86. The van der Waals surface area contributed by atoms with Crippen molar-refractivity contribution in [2.45, 2.75) is 19.0 Å². The lowest BCUT2D eigenvalue weighted by Crippen LogP contribution is -2.26. The number of aromatic nitrogens is 2. The molecule has 11 heteroatoms. The lowest BCUT2D eigenvalue weighted by atomic mass is 10.2. The van der Waals surface area contributed by atoms with E-state index in [1.807, 2.05) is 5.38 Å². The van der Waals surface area contributed by atoms with Crippen LogP contribution in [0.4, 0.5) is 10.2 Å². The van der Waals surface area contributed by atoms with Gasteiger partial charge in [0.2, 0.25) is 0 Å². The standard InChI is InChI=1S/C16H18FN5O2S.2ClH/c17-13-7-11(1-2-14(23)21-24)8-19-16(13)20-12-3-5-22(9-12)10-15-18-4-6-25-15;;/h1-2,4,6-8,12,24H,3,5,9-10H2,(H,19,20)(H,21,23);2*1H/t12-;;/m1../s1. The fourth-order valence-electron chi connectivity index (χ4n) is 2.67. The Bertz CT molecular complexity index is 763. The number of carbonyl (C=O) groups excluding carboxylic acids is 1. The molecule has 0 saturated carbocycles. The predicted molar refractivity (Wildman–Crippen MR) is 107 cm³/mol. The van der Waals surface area contributed by atoms with Gasteiger partial charge in [0.05, 0.1) is 6.54 Å². The normalized spacial score (nSPS) is 16.6. The summed E-state index contributed by atoms with van der Waals surface area (Å²) in [6.07, 6.45) is 6.64. The van der Waals surface area contributed by atoms with E-state index in [0.717, 1.165) is 37.1 Å². The van der Waals surface area contributed by atoms with E-state index in [4.69, 9.17) is 5.21 Å². The summed E-state index contributed by atoms with van der Waals surface area (Å²) in [5.41, 5.74) is 1.90. The molecule has 27 heavy (non-hydrogen) atoms. The Hall–Kier alpha value is -1.78. The number of hydroxylamine groups is 1. The molecule has 148 valence electrons. The zero-order chi connectivity index (χ0) is 17.6. The number of pyridine rings is 1. The highest BCUT2D eigenvalue weighted by molar-refractivity contribution is 7.09. The highest BCUT2D eigenvalue weighted by atomic mass is 35.5. The molecule has 3 heterocycles. The van der Waals surface area contributed by atoms with Crippen molar-refractivity contribution in [2.75, 3.05) is 18.4 Å². The predicted octanol–water partition coefficient (Wildman–Crippen LogP) is 2.73. The molecule has 1 aliphatic rings. The Morgan fingerprint density at radius 2 is 2.26 bits per heavy atom. The summed E-state index contributed by atoms with van der Waals surface area (Å²) in [5.74, 6) is -0.969. The number of thiazole rings is 1. The van der Waals surface area contributed by atoms with Crippen molar-refractivity contribution >= 4 is 54.0 Å². The summed E-state index contributed by atoms with van der Waals surface area (Å²) in [5, 5.41) is 14.6. The van der Waals surface area contributed by atoms with Crippen LogP contribution in [0.5, 0.6) is 0 Å². The first-order valence-corrected chi connectivity index (χ1v) is 8.67. The van der Waals surface area contributed by atoms with Crippen molar-refractivity contribution in [2.24, 2.45) is 0 Å². The molecular weight excluding hydrogens is 416 g/mol. The smallest absolute Gasteiger partial charge is 0.267 e. The van der Waals surface area contributed by atoms with E-state index in [-0.39, 0.29) is 36.7 Å². The minimum atomic E-state index is -0.686. The van der Waals surface area contributed by atoms with Crippen LogP contribution in [0, 0.1) is 5.82 Å². The summed E-state index contributed by atoms with van der Waals surface area (Å²) in [6, 6.07) is 1.42. The Labute approximate surface area is 172 Å². The minimum Gasteiger partial charge on any atom is -0.364 e. The Morgan fingerprint density at radius 3 is 2.93 bits per heavy atom. The maximum atomic E-state index is 14.2. The fraction of sp³-hybridized carbons (Fsp3) is 0.312. The van der Waals surface area contributed by atoms with Gasteiger partial charge >= 0.3 is 0 Å². The number of hydrogen-bond acceptors (Lipinski definition) is 7. The number of carbonyl (C=O) groups is 1. The zero-order valence-electron chi connectivity index (χ0n) is 14.2.